The van der Waals surface area contributed by atoms with E-state index in [0.29, 0.717) is 28.7 Å². The molecule has 3 aliphatic heterocycles. The average Bonchev–Trinajstić information content (AvgIpc) is 3.10. The molecular weight excluding hydrogens is 465 g/mol. The zero-order valence-corrected chi connectivity index (χ0v) is 19.4. The van der Waals surface area contributed by atoms with Gasteiger partial charge >= 0.3 is 0 Å². The van der Waals surface area contributed by atoms with Crippen LogP contribution in [0.5, 0.6) is 0 Å². The van der Waals surface area contributed by atoms with Gasteiger partial charge in [-0.3, -0.25) is 24.6 Å². The molecule has 3 amide bonds. The molecule has 0 spiro atoms. The molecule has 3 aliphatic rings. The van der Waals surface area contributed by atoms with Gasteiger partial charge in [0.1, 0.15) is 6.04 Å². The van der Waals surface area contributed by atoms with E-state index in [4.69, 9.17) is 23.2 Å². The Hall–Kier alpha value is -2.68. The van der Waals surface area contributed by atoms with E-state index in [0.717, 1.165) is 49.5 Å². The topological polar surface area (TPSA) is 85.9 Å². The lowest BCUT2D eigenvalue weighted by molar-refractivity contribution is -0.136. The molecule has 0 radical (unpaired) electrons. The van der Waals surface area contributed by atoms with Crippen LogP contribution in [-0.2, 0) is 22.7 Å². The number of piperazine rings is 1. The van der Waals surface area contributed by atoms with Gasteiger partial charge in [0, 0.05) is 57.4 Å². The smallest absolute Gasteiger partial charge is 0.255 e. The van der Waals surface area contributed by atoms with Gasteiger partial charge in [-0.1, -0.05) is 35.3 Å². The van der Waals surface area contributed by atoms with Crippen LogP contribution in [0, 0.1) is 0 Å². The van der Waals surface area contributed by atoms with Gasteiger partial charge in [0.25, 0.3) is 5.91 Å². The molecule has 1 unspecified atom stereocenters. The van der Waals surface area contributed by atoms with E-state index in [9.17, 15) is 14.4 Å². The van der Waals surface area contributed by atoms with Crippen LogP contribution in [0.2, 0.25) is 10.2 Å². The number of carbonyl (C=O) groups excluding carboxylic acids is 3. The second kappa shape index (κ2) is 8.93. The molecule has 33 heavy (non-hydrogen) atoms. The summed E-state index contributed by atoms with van der Waals surface area (Å²) in [5, 5.41) is 3.36. The first-order valence-electron chi connectivity index (χ1n) is 10.9. The van der Waals surface area contributed by atoms with Gasteiger partial charge in [-0.15, -0.1) is 0 Å². The van der Waals surface area contributed by atoms with Crippen molar-refractivity contribution in [3.8, 4) is 0 Å². The average molecular weight is 488 g/mol. The van der Waals surface area contributed by atoms with Crippen molar-refractivity contribution in [1.29, 1.82) is 0 Å². The predicted molar refractivity (Wildman–Crippen MR) is 124 cm³/mol. The quantitative estimate of drug-likeness (QED) is 0.526. The standard InChI is InChI=1S/C23H23Cl2N5O3/c24-17-5-6-26-21(25)20(17)29-9-7-28(8-10-29)12-14-1-2-16-15(11-14)13-30(23(16)33)18-3-4-19(31)27-22(18)32/h1-2,5-6,11,18H,3-4,7-10,12-13H2,(H,27,31,32). The number of pyridine rings is 1. The summed E-state index contributed by atoms with van der Waals surface area (Å²) < 4.78 is 0. The van der Waals surface area contributed by atoms with E-state index in [-0.39, 0.29) is 24.1 Å². The molecule has 1 aromatic heterocycles. The van der Waals surface area contributed by atoms with E-state index < -0.39 is 6.04 Å². The molecule has 2 fully saturated rings. The summed E-state index contributed by atoms with van der Waals surface area (Å²) >= 11 is 12.6. The van der Waals surface area contributed by atoms with Crippen molar-refractivity contribution in [2.75, 3.05) is 31.1 Å². The van der Waals surface area contributed by atoms with Crippen molar-refractivity contribution in [2.45, 2.75) is 32.0 Å². The maximum Gasteiger partial charge on any atom is 0.255 e. The third-order valence-corrected chi connectivity index (χ3v) is 7.09. The van der Waals surface area contributed by atoms with Gasteiger partial charge in [-0.2, -0.15) is 0 Å². The van der Waals surface area contributed by atoms with E-state index in [2.05, 4.69) is 26.2 Å². The largest absolute Gasteiger partial charge is 0.365 e. The van der Waals surface area contributed by atoms with Crippen LogP contribution in [0.4, 0.5) is 5.69 Å². The van der Waals surface area contributed by atoms with Crippen LogP contribution in [0.3, 0.4) is 0 Å². The Morgan fingerprint density at radius 2 is 1.85 bits per heavy atom. The molecule has 1 aromatic carbocycles. The first-order valence-corrected chi connectivity index (χ1v) is 11.7. The minimum Gasteiger partial charge on any atom is -0.365 e. The van der Waals surface area contributed by atoms with Crippen LogP contribution < -0.4 is 10.2 Å². The maximum atomic E-state index is 12.9. The van der Waals surface area contributed by atoms with Crippen molar-refractivity contribution >= 4 is 46.6 Å². The van der Waals surface area contributed by atoms with Gasteiger partial charge in [0.15, 0.2) is 5.15 Å². The van der Waals surface area contributed by atoms with Crippen LogP contribution in [0.25, 0.3) is 0 Å². The first-order chi connectivity index (χ1) is 15.9. The van der Waals surface area contributed by atoms with Gasteiger partial charge in [0.05, 0.1) is 10.7 Å². The van der Waals surface area contributed by atoms with Crippen molar-refractivity contribution in [1.82, 2.24) is 20.1 Å². The number of hydrogen-bond acceptors (Lipinski definition) is 6. The number of imide groups is 1. The highest BCUT2D eigenvalue weighted by Gasteiger charge is 2.39. The van der Waals surface area contributed by atoms with Gasteiger partial charge < -0.3 is 9.80 Å². The number of piperidine rings is 1. The number of hydrogen-bond donors (Lipinski definition) is 1. The second-order valence-corrected chi connectivity index (χ2v) is 9.35. The Morgan fingerprint density at radius 1 is 1.06 bits per heavy atom. The minimum absolute atomic E-state index is 0.148. The SMILES string of the molecule is O=C1CCC(N2Cc3cc(CN4CCN(c5c(Cl)ccnc5Cl)CC4)ccc3C2=O)C(=O)N1. The highest BCUT2D eigenvalue weighted by molar-refractivity contribution is 6.38. The van der Waals surface area contributed by atoms with Crippen molar-refractivity contribution in [3.05, 3.63) is 57.3 Å². The third-order valence-electron chi connectivity index (χ3n) is 6.51. The Labute approximate surface area is 201 Å². The molecule has 1 N–H and O–H groups in total. The zero-order chi connectivity index (χ0) is 23.1. The fourth-order valence-corrected chi connectivity index (χ4v) is 5.39. The highest BCUT2D eigenvalue weighted by Crippen LogP contribution is 2.33. The molecule has 0 saturated carbocycles. The fourth-order valence-electron chi connectivity index (χ4n) is 4.80. The molecular formula is C23H23Cl2N5O3. The summed E-state index contributed by atoms with van der Waals surface area (Å²) in [6.45, 7) is 4.43. The molecule has 10 heteroatoms. The summed E-state index contributed by atoms with van der Waals surface area (Å²) in [7, 11) is 0. The van der Waals surface area contributed by atoms with E-state index >= 15 is 0 Å². The normalized spacial score (nSPS) is 21.4. The molecule has 0 aliphatic carbocycles. The van der Waals surface area contributed by atoms with Crippen LogP contribution in [0.15, 0.2) is 30.5 Å². The van der Waals surface area contributed by atoms with Crippen LogP contribution >= 0.6 is 23.2 Å². The maximum absolute atomic E-state index is 12.9. The lowest BCUT2D eigenvalue weighted by Gasteiger charge is -2.36. The third kappa shape index (κ3) is 4.30. The van der Waals surface area contributed by atoms with Crippen LogP contribution in [0.1, 0.15) is 34.3 Å². The number of anilines is 1. The van der Waals surface area contributed by atoms with Gasteiger partial charge in [0.2, 0.25) is 11.8 Å². The minimum atomic E-state index is -0.592. The lowest BCUT2D eigenvalue weighted by Crippen LogP contribution is -2.52. The zero-order valence-electron chi connectivity index (χ0n) is 17.9. The number of fused-ring (bicyclic) bond motifs is 1. The lowest BCUT2D eigenvalue weighted by atomic mass is 10.0. The monoisotopic (exact) mass is 487 g/mol. The summed E-state index contributed by atoms with van der Waals surface area (Å²) in [6, 6.07) is 7.04. The van der Waals surface area contributed by atoms with Crippen molar-refractivity contribution < 1.29 is 14.4 Å². The van der Waals surface area contributed by atoms with Crippen LogP contribution in [-0.4, -0.2) is 64.7 Å². The molecule has 1 atom stereocenters. The molecule has 2 saturated heterocycles. The number of nitrogens with zero attached hydrogens (tertiary/aromatic N) is 4. The number of benzene rings is 1. The molecule has 0 bridgehead atoms. The summed E-state index contributed by atoms with van der Waals surface area (Å²) in [4.78, 5) is 46.8. The number of carbonyl (C=O) groups is 3. The molecule has 5 rings (SSSR count). The number of nitrogens with one attached hydrogen (secondary N) is 1. The molecule has 4 heterocycles. The number of aromatic nitrogens is 1. The molecule has 2 aromatic rings. The second-order valence-electron chi connectivity index (χ2n) is 8.59. The Balaban J connectivity index is 1.23. The van der Waals surface area contributed by atoms with Crippen molar-refractivity contribution in [2.24, 2.45) is 0 Å². The Kier molecular flexibility index (Phi) is 5.99. The van der Waals surface area contributed by atoms with Gasteiger partial charge in [-0.05, 0) is 29.7 Å². The summed E-state index contributed by atoms with van der Waals surface area (Å²) in [5.74, 6) is -0.819. The molecule has 8 nitrogen and oxygen atoms in total. The fraction of sp³-hybridized carbons (Fsp3) is 0.391. The van der Waals surface area contributed by atoms with E-state index in [1.807, 2.05) is 12.1 Å². The number of halogens is 2. The van der Waals surface area contributed by atoms with Crippen molar-refractivity contribution in [3.63, 3.8) is 0 Å². The van der Waals surface area contributed by atoms with E-state index in [1.54, 1.807) is 17.2 Å². The van der Waals surface area contributed by atoms with E-state index in [1.165, 1.54) is 0 Å². The number of rotatable bonds is 4. The Morgan fingerprint density at radius 3 is 2.58 bits per heavy atom. The predicted octanol–water partition coefficient (Wildman–Crippen LogP) is 2.47. The first kappa shape index (κ1) is 22.1. The Bertz CT molecular complexity index is 1110. The summed E-state index contributed by atoms with van der Waals surface area (Å²) in [6.07, 6.45) is 2.22. The highest BCUT2D eigenvalue weighted by atomic mass is 35.5. The number of amides is 3. The van der Waals surface area contributed by atoms with Gasteiger partial charge in [-0.25, -0.2) is 4.98 Å². The molecule has 172 valence electrons. The summed E-state index contributed by atoms with van der Waals surface area (Å²) in [5.41, 5.74) is 3.46.